The number of hydrogen-bond acceptors (Lipinski definition) is 3. The van der Waals surface area contributed by atoms with Crippen molar-refractivity contribution in [3.05, 3.63) is 35.4 Å². The number of aliphatic hydroxyl groups excluding tert-OH is 2. The maximum atomic E-state index is 9.63. The van der Waals surface area contributed by atoms with E-state index in [1.54, 1.807) is 0 Å². The molecule has 1 heterocycles. The van der Waals surface area contributed by atoms with Crippen LogP contribution in [0, 0.1) is 17.8 Å². The van der Waals surface area contributed by atoms with Crippen molar-refractivity contribution in [2.45, 2.75) is 26.0 Å². The predicted molar refractivity (Wildman–Crippen MR) is 75.5 cm³/mol. The smallest absolute Gasteiger partial charge is 0.104 e. The van der Waals surface area contributed by atoms with Crippen molar-refractivity contribution in [2.24, 2.45) is 5.92 Å². The van der Waals surface area contributed by atoms with E-state index in [2.05, 4.69) is 22.8 Å². The summed E-state index contributed by atoms with van der Waals surface area (Å²) in [5.41, 5.74) is 2.17. The molecule has 1 saturated heterocycles. The minimum Gasteiger partial charge on any atom is -0.393 e. The number of rotatable bonds is 3. The highest BCUT2D eigenvalue weighted by atomic mass is 16.3. The first-order chi connectivity index (χ1) is 9.20. The molecule has 1 aromatic rings. The molecular formula is C16H21NO2. The van der Waals surface area contributed by atoms with E-state index >= 15 is 0 Å². The molecule has 19 heavy (non-hydrogen) atoms. The third kappa shape index (κ3) is 3.81. The molecule has 0 amide bonds. The molecule has 3 nitrogen and oxygen atoms in total. The van der Waals surface area contributed by atoms with Crippen LogP contribution in [0.2, 0.25) is 0 Å². The number of aliphatic hydroxyl groups is 2. The zero-order chi connectivity index (χ0) is 13.7. The maximum Gasteiger partial charge on any atom is 0.104 e. The molecule has 0 aromatic heterocycles. The van der Waals surface area contributed by atoms with Gasteiger partial charge in [-0.1, -0.05) is 30.0 Å². The maximum absolute atomic E-state index is 9.63. The molecular weight excluding hydrogens is 238 g/mol. The summed E-state index contributed by atoms with van der Waals surface area (Å²) in [5, 5.41) is 18.4. The second kappa shape index (κ2) is 6.72. The topological polar surface area (TPSA) is 43.7 Å². The molecule has 1 aliphatic rings. The standard InChI is InChI=1S/C16H21NO2/c1-13(19)15-8-9-17(11-15)12-16-6-3-2-5-14(16)7-4-10-18/h2-3,5-6,13,15,18-19H,8-12H2,1H3. The van der Waals surface area contributed by atoms with E-state index in [4.69, 9.17) is 5.11 Å². The van der Waals surface area contributed by atoms with Crippen LogP contribution in [0.5, 0.6) is 0 Å². The first-order valence-corrected chi connectivity index (χ1v) is 6.78. The Hall–Kier alpha value is -1.34. The number of nitrogens with zero attached hydrogens (tertiary/aromatic N) is 1. The average Bonchev–Trinajstić information content (AvgIpc) is 2.86. The van der Waals surface area contributed by atoms with Crippen LogP contribution < -0.4 is 0 Å². The van der Waals surface area contributed by atoms with Gasteiger partial charge in [-0.3, -0.25) is 4.90 Å². The van der Waals surface area contributed by atoms with Crippen molar-refractivity contribution in [2.75, 3.05) is 19.7 Å². The van der Waals surface area contributed by atoms with Crippen molar-refractivity contribution >= 4 is 0 Å². The van der Waals surface area contributed by atoms with Gasteiger partial charge in [0.2, 0.25) is 0 Å². The summed E-state index contributed by atoms with van der Waals surface area (Å²) in [7, 11) is 0. The van der Waals surface area contributed by atoms with Crippen molar-refractivity contribution in [3.63, 3.8) is 0 Å². The van der Waals surface area contributed by atoms with Crippen LogP contribution in [0.15, 0.2) is 24.3 Å². The Kier molecular flexibility index (Phi) is 4.98. The lowest BCUT2D eigenvalue weighted by molar-refractivity contribution is 0.127. The van der Waals surface area contributed by atoms with E-state index in [1.165, 1.54) is 5.56 Å². The minimum absolute atomic E-state index is 0.109. The normalized spacial score (nSPS) is 20.9. The van der Waals surface area contributed by atoms with Gasteiger partial charge < -0.3 is 10.2 Å². The fraction of sp³-hybridized carbons (Fsp3) is 0.500. The van der Waals surface area contributed by atoms with Gasteiger partial charge in [-0.15, -0.1) is 0 Å². The first-order valence-electron chi connectivity index (χ1n) is 6.78. The Morgan fingerprint density at radius 3 is 2.89 bits per heavy atom. The molecule has 2 rings (SSSR count). The summed E-state index contributed by atoms with van der Waals surface area (Å²) >= 11 is 0. The van der Waals surface area contributed by atoms with E-state index in [1.807, 2.05) is 25.1 Å². The van der Waals surface area contributed by atoms with E-state index in [9.17, 15) is 5.11 Å². The summed E-state index contributed by atoms with van der Waals surface area (Å²) in [6.07, 6.45) is 0.830. The van der Waals surface area contributed by atoms with Crippen molar-refractivity contribution < 1.29 is 10.2 Å². The Bertz CT molecular complexity index is 473. The predicted octanol–water partition coefficient (Wildman–Crippen LogP) is 1.23. The Morgan fingerprint density at radius 2 is 2.21 bits per heavy atom. The molecule has 1 aromatic carbocycles. The lowest BCUT2D eigenvalue weighted by Crippen LogP contribution is -2.24. The summed E-state index contributed by atoms with van der Waals surface area (Å²) in [4.78, 5) is 2.36. The van der Waals surface area contributed by atoms with Gasteiger partial charge in [0.1, 0.15) is 6.61 Å². The second-order valence-corrected chi connectivity index (χ2v) is 5.14. The number of benzene rings is 1. The molecule has 0 aliphatic carbocycles. The van der Waals surface area contributed by atoms with Gasteiger partial charge in [-0.2, -0.15) is 0 Å². The van der Waals surface area contributed by atoms with Crippen LogP contribution in [-0.4, -0.2) is 40.9 Å². The third-order valence-electron chi connectivity index (χ3n) is 3.70. The van der Waals surface area contributed by atoms with E-state index in [-0.39, 0.29) is 12.7 Å². The summed E-state index contributed by atoms with van der Waals surface area (Å²) in [6.45, 7) is 4.59. The molecule has 2 atom stereocenters. The molecule has 0 radical (unpaired) electrons. The molecule has 3 heteroatoms. The van der Waals surface area contributed by atoms with Crippen molar-refractivity contribution in [1.29, 1.82) is 0 Å². The molecule has 0 bridgehead atoms. The molecule has 0 saturated carbocycles. The van der Waals surface area contributed by atoms with Crippen molar-refractivity contribution in [3.8, 4) is 11.8 Å². The van der Waals surface area contributed by atoms with Crippen molar-refractivity contribution in [1.82, 2.24) is 4.90 Å². The van der Waals surface area contributed by atoms with Crippen LogP contribution in [0.3, 0.4) is 0 Å². The van der Waals surface area contributed by atoms with E-state index < -0.39 is 0 Å². The van der Waals surface area contributed by atoms with Crippen LogP contribution in [0.1, 0.15) is 24.5 Å². The number of likely N-dealkylation sites (tertiary alicyclic amines) is 1. The molecule has 102 valence electrons. The van der Waals surface area contributed by atoms with Crippen LogP contribution in [0.4, 0.5) is 0 Å². The largest absolute Gasteiger partial charge is 0.393 e. The summed E-state index contributed by atoms with van der Waals surface area (Å²) < 4.78 is 0. The van der Waals surface area contributed by atoms with Gasteiger partial charge in [-0.25, -0.2) is 0 Å². The Balaban J connectivity index is 2.04. The third-order valence-corrected chi connectivity index (χ3v) is 3.70. The highest BCUT2D eigenvalue weighted by molar-refractivity contribution is 5.41. The van der Waals surface area contributed by atoms with E-state index in [0.29, 0.717) is 5.92 Å². The Morgan fingerprint density at radius 1 is 1.42 bits per heavy atom. The van der Waals surface area contributed by atoms with Gasteiger partial charge in [0.05, 0.1) is 6.10 Å². The lowest BCUT2D eigenvalue weighted by Gasteiger charge is -2.18. The SMILES string of the molecule is CC(O)C1CCN(Cc2ccccc2C#CCO)C1. The van der Waals surface area contributed by atoms with Gasteiger partial charge >= 0.3 is 0 Å². The molecule has 0 spiro atoms. The summed E-state index contributed by atoms with van der Waals surface area (Å²) in [6, 6.07) is 8.05. The monoisotopic (exact) mass is 259 g/mol. The quantitative estimate of drug-likeness (QED) is 0.803. The molecule has 1 aliphatic heterocycles. The highest BCUT2D eigenvalue weighted by Crippen LogP contribution is 2.22. The van der Waals surface area contributed by atoms with Gasteiger partial charge in [0.15, 0.2) is 0 Å². The van der Waals surface area contributed by atoms with Crippen LogP contribution >= 0.6 is 0 Å². The molecule has 1 fully saturated rings. The number of hydrogen-bond donors (Lipinski definition) is 2. The van der Waals surface area contributed by atoms with Gasteiger partial charge in [0.25, 0.3) is 0 Å². The fourth-order valence-corrected chi connectivity index (χ4v) is 2.56. The van der Waals surface area contributed by atoms with E-state index in [0.717, 1.165) is 31.6 Å². The Labute approximate surface area is 114 Å². The molecule has 2 unspecified atom stereocenters. The lowest BCUT2D eigenvalue weighted by atomic mass is 10.0. The van der Waals surface area contributed by atoms with Crippen LogP contribution in [-0.2, 0) is 6.54 Å². The van der Waals surface area contributed by atoms with Gasteiger partial charge in [0, 0.05) is 18.7 Å². The summed E-state index contributed by atoms with van der Waals surface area (Å²) in [5.74, 6) is 6.08. The zero-order valence-electron chi connectivity index (χ0n) is 11.3. The van der Waals surface area contributed by atoms with Gasteiger partial charge in [-0.05, 0) is 37.4 Å². The minimum atomic E-state index is -0.227. The zero-order valence-corrected chi connectivity index (χ0v) is 11.3. The fourth-order valence-electron chi connectivity index (χ4n) is 2.56. The highest BCUT2D eigenvalue weighted by Gasteiger charge is 2.25. The molecule has 2 N–H and O–H groups in total. The van der Waals surface area contributed by atoms with Crippen LogP contribution in [0.25, 0.3) is 0 Å². The second-order valence-electron chi connectivity index (χ2n) is 5.14. The first kappa shape index (κ1) is 14.1. The average molecular weight is 259 g/mol.